The summed E-state index contributed by atoms with van der Waals surface area (Å²) in [6, 6.07) is 2.31. The summed E-state index contributed by atoms with van der Waals surface area (Å²) in [5.74, 6) is -1.31. The van der Waals surface area contributed by atoms with Crippen LogP contribution in [0.15, 0.2) is 12.1 Å². The molecule has 0 radical (unpaired) electrons. The smallest absolute Gasteiger partial charge is 0.308 e. The molecule has 0 spiro atoms. The zero-order valence-electron chi connectivity index (χ0n) is 9.89. The van der Waals surface area contributed by atoms with Crippen molar-refractivity contribution in [3.63, 3.8) is 0 Å². The fourth-order valence-corrected chi connectivity index (χ4v) is 1.73. The van der Waals surface area contributed by atoms with Gasteiger partial charge in [0.05, 0.1) is 10.7 Å². The summed E-state index contributed by atoms with van der Waals surface area (Å²) in [5, 5.41) is 2.27. The van der Waals surface area contributed by atoms with Gasteiger partial charge in [0.25, 0.3) is 0 Å². The third-order valence-electron chi connectivity index (χ3n) is 1.74. The molecule has 0 aliphatic heterocycles. The average Bonchev–Trinajstić information content (AvgIpc) is 2.21. The molecule has 104 valence electrons. The summed E-state index contributed by atoms with van der Waals surface area (Å²) in [4.78, 5) is 22.0. The van der Waals surface area contributed by atoms with Crippen LogP contribution in [0, 0.1) is 0 Å². The molecule has 1 atom stereocenters. The molecule has 1 rings (SSSR count). The Bertz CT molecular complexity index is 547. The predicted octanol–water partition coefficient (Wildman–Crippen LogP) is 1.40. The first-order valence-corrected chi connectivity index (χ1v) is 6.24. The second kappa shape index (κ2) is 6.50. The molecule has 0 aliphatic carbocycles. The van der Waals surface area contributed by atoms with Crippen LogP contribution in [0.5, 0.6) is 11.5 Å². The molecule has 1 N–H and O–H groups in total. The Morgan fingerprint density at radius 1 is 1.37 bits per heavy atom. The van der Waals surface area contributed by atoms with Gasteiger partial charge in [0.2, 0.25) is 5.91 Å². The molecule has 7 nitrogen and oxygen atoms in total. The van der Waals surface area contributed by atoms with Gasteiger partial charge in [-0.25, -0.2) is 4.21 Å². The van der Waals surface area contributed by atoms with Gasteiger partial charge in [-0.1, -0.05) is 11.6 Å². The quantitative estimate of drug-likeness (QED) is 0.512. The Morgan fingerprint density at radius 2 is 2.00 bits per heavy atom. The topological polar surface area (TPSA) is 105 Å². The van der Waals surface area contributed by atoms with Crippen LogP contribution in [-0.2, 0) is 21.0 Å². The van der Waals surface area contributed by atoms with E-state index in [-0.39, 0.29) is 22.2 Å². The Hall–Kier alpha value is -1.64. The van der Waals surface area contributed by atoms with Crippen LogP contribution in [0.4, 0.5) is 5.69 Å². The minimum absolute atomic E-state index is 0.0238. The fourth-order valence-electron chi connectivity index (χ4n) is 1.23. The molecule has 1 amide bonds. The third kappa shape index (κ3) is 4.86. The van der Waals surface area contributed by atoms with Crippen LogP contribution >= 0.6 is 11.6 Å². The Balaban J connectivity index is 3.24. The Morgan fingerprint density at radius 3 is 2.47 bits per heavy atom. The number of rotatable bonds is 4. The maximum atomic E-state index is 11.0. The molecule has 0 saturated carbocycles. The molecular weight excluding hydrogens is 298 g/mol. The van der Waals surface area contributed by atoms with Crippen LogP contribution < -0.4 is 14.2 Å². The van der Waals surface area contributed by atoms with Crippen molar-refractivity contribution in [3.05, 3.63) is 17.2 Å². The summed E-state index contributed by atoms with van der Waals surface area (Å²) >= 11 is 3.04. The van der Waals surface area contributed by atoms with Crippen LogP contribution in [0.2, 0.25) is 5.02 Å². The first-order chi connectivity index (χ1) is 8.79. The first-order valence-electron chi connectivity index (χ1n) is 4.86. The molecular formula is C10H9ClNO6S-. The minimum Gasteiger partial charge on any atom is -0.740 e. The zero-order chi connectivity index (χ0) is 14.6. The lowest BCUT2D eigenvalue weighted by atomic mass is 10.2. The van der Waals surface area contributed by atoms with Crippen molar-refractivity contribution < 1.29 is 27.3 Å². The van der Waals surface area contributed by atoms with Gasteiger partial charge in [0.15, 0.2) is 5.75 Å². The zero-order valence-corrected chi connectivity index (χ0v) is 11.5. The van der Waals surface area contributed by atoms with E-state index in [0.717, 1.165) is 13.0 Å². The van der Waals surface area contributed by atoms with E-state index in [1.165, 1.54) is 13.0 Å². The third-order valence-corrected chi connectivity index (χ3v) is 2.35. The van der Waals surface area contributed by atoms with E-state index in [1.807, 2.05) is 0 Å². The Labute approximate surface area is 116 Å². The van der Waals surface area contributed by atoms with Crippen molar-refractivity contribution >= 4 is 40.5 Å². The molecule has 0 heterocycles. The van der Waals surface area contributed by atoms with Gasteiger partial charge in [0.1, 0.15) is 17.1 Å². The fraction of sp³-hybridized carbons (Fsp3) is 0.200. The van der Waals surface area contributed by atoms with E-state index < -0.39 is 23.2 Å². The maximum absolute atomic E-state index is 11.0. The summed E-state index contributed by atoms with van der Waals surface area (Å²) in [7, 11) is 0. The lowest BCUT2D eigenvalue weighted by Crippen LogP contribution is -2.11. The highest BCUT2D eigenvalue weighted by molar-refractivity contribution is 7.74. The van der Waals surface area contributed by atoms with Gasteiger partial charge in [-0.05, 0) is 0 Å². The van der Waals surface area contributed by atoms with E-state index in [1.54, 1.807) is 0 Å². The van der Waals surface area contributed by atoms with Crippen molar-refractivity contribution in [2.45, 2.75) is 13.8 Å². The summed E-state index contributed by atoms with van der Waals surface area (Å²) in [6.45, 7) is 2.38. The standard InChI is InChI=1S/C10H10ClNO6S/c1-5(13)12-9-4-7(18-19(15)16)3-8(11)10(9)17-6(2)14/h3-4H,1-2H3,(H,12,13)(H,15,16)/p-1. The first kappa shape index (κ1) is 15.4. The molecule has 0 aromatic heterocycles. The van der Waals surface area contributed by atoms with Crippen molar-refractivity contribution in [2.75, 3.05) is 5.32 Å². The predicted molar refractivity (Wildman–Crippen MR) is 66.6 cm³/mol. The molecule has 1 unspecified atom stereocenters. The number of amides is 1. The van der Waals surface area contributed by atoms with Crippen molar-refractivity contribution in [2.24, 2.45) is 0 Å². The number of benzene rings is 1. The summed E-state index contributed by atoms with van der Waals surface area (Å²) in [5.41, 5.74) is 0.0238. The maximum Gasteiger partial charge on any atom is 0.308 e. The Kier molecular flexibility index (Phi) is 5.28. The van der Waals surface area contributed by atoms with Gasteiger partial charge in [-0.3, -0.25) is 9.59 Å². The van der Waals surface area contributed by atoms with Crippen molar-refractivity contribution in [1.29, 1.82) is 0 Å². The highest BCUT2D eigenvalue weighted by atomic mass is 35.5. The molecule has 0 fully saturated rings. The van der Waals surface area contributed by atoms with Gasteiger partial charge in [0, 0.05) is 26.0 Å². The van der Waals surface area contributed by atoms with E-state index in [9.17, 15) is 18.4 Å². The summed E-state index contributed by atoms with van der Waals surface area (Å²) < 4.78 is 30.1. The summed E-state index contributed by atoms with van der Waals surface area (Å²) in [6.07, 6.45) is 0. The molecule has 19 heavy (non-hydrogen) atoms. The average molecular weight is 307 g/mol. The monoisotopic (exact) mass is 306 g/mol. The molecule has 0 aliphatic rings. The minimum atomic E-state index is -2.79. The molecule has 9 heteroatoms. The number of ether oxygens (including phenoxy) is 1. The second-order valence-corrected chi connectivity index (χ2v) is 4.33. The number of hydrogen-bond donors (Lipinski definition) is 1. The number of carbonyl (C=O) groups excluding carboxylic acids is 2. The number of nitrogens with one attached hydrogen (secondary N) is 1. The van der Waals surface area contributed by atoms with Crippen molar-refractivity contribution in [1.82, 2.24) is 0 Å². The highest BCUT2D eigenvalue weighted by Gasteiger charge is 2.15. The number of carbonyl (C=O) groups is 2. The lowest BCUT2D eigenvalue weighted by molar-refractivity contribution is -0.131. The van der Waals surface area contributed by atoms with E-state index >= 15 is 0 Å². The van der Waals surface area contributed by atoms with Crippen LogP contribution in [0.3, 0.4) is 0 Å². The SMILES string of the molecule is CC(=O)Nc1cc(OS(=O)[O-])cc(Cl)c1OC(C)=O. The number of anilines is 1. The van der Waals surface area contributed by atoms with Gasteiger partial charge in [-0.15, -0.1) is 0 Å². The lowest BCUT2D eigenvalue weighted by Gasteiger charge is -2.14. The van der Waals surface area contributed by atoms with Crippen LogP contribution in [-0.4, -0.2) is 20.6 Å². The van der Waals surface area contributed by atoms with Crippen LogP contribution in [0.25, 0.3) is 0 Å². The van der Waals surface area contributed by atoms with E-state index in [2.05, 4.69) is 9.50 Å². The van der Waals surface area contributed by atoms with Gasteiger partial charge < -0.3 is 18.8 Å². The van der Waals surface area contributed by atoms with E-state index in [4.69, 9.17) is 16.3 Å². The van der Waals surface area contributed by atoms with Crippen molar-refractivity contribution in [3.8, 4) is 11.5 Å². The molecule has 0 saturated heterocycles. The second-order valence-electron chi connectivity index (χ2n) is 3.34. The van der Waals surface area contributed by atoms with Gasteiger partial charge >= 0.3 is 5.97 Å². The van der Waals surface area contributed by atoms with Crippen LogP contribution in [0.1, 0.15) is 13.8 Å². The largest absolute Gasteiger partial charge is 0.740 e. The highest BCUT2D eigenvalue weighted by Crippen LogP contribution is 2.37. The molecule has 1 aromatic carbocycles. The van der Waals surface area contributed by atoms with Gasteiger partial charge in [-0.2, -0.15) is 0 Å². The number of hydrogen-bond acceptors (Lipinski definition) is 6. The molecule has 0 bridgehead atoms. The number of esters is 1. The van der Waals surface area contributed by atoms with E-state index in [0.29, 0.717) is 0 Å². The number of halogens is 1. The normalized spacial score (nSPS) is 11.6. The molecule has 1 aromatic rings.